The molecular weight excluding hydrogens is 236 g/mol. The monoisotopic (exact) mass is 266 g/mol. The smallest absolute Gasteiger partial charge is 0.225 e. The molecule has 1 unspecified atom stereocenters. The Morgan fingerprint density at radius 2 is 1.74 bits per heavy atom. The molecular formula is C16H30N2O. The fourth-order valence-electron chi connectivity index (χ4n) is 3.66. The molecule has 0 radical (unpaired) electrons. The molecule has 1 saturated heterocycles. The van der Waals surface area contributed by atoms with Gasteiger partial charge >= 0.3 is 0 Å². The summed E-state index contributed by atoms with van der Waals surface area (Å²) in [4.78, 5) is 14.6. The number of carbonyl (C=O) groups excluding carboxylic acids is 1. The van der Waals surface area contributed by atoms with Gasteiger partial charge in [-0.15, -0.1) is 0 Å². The quantitative estimate of drug-likeness (QED) is 0.833. The highest BCUT2D eigenvalue weighted by atomic mass is 16.2. The molecule has 0 bridgehead atoms. The second kappa shape index (κ2) is 5.82. The maximum absolute atomic E-state index is 12.5. The molecule has 3 nitrogen and oxygen atoms in total. The Balaban J connectivity index is 1.83. The zero-order valence-electron chi connectivity index (χ0n) is 13.0. The minimum atomic E-state index is 0.300. The second-order valence-corrected chi connectivity index (χ2v) is 7.47. The molecule has 3 heteroatoms. The van der Waals surface area contributed by atoms with Crippen molar-refractivity contribution in [1.29, 1.82) is 0 Å². The zero-order valence-corrected chi connectivity index (χ0v) is 13.0. The van der Waals surface area contributed by atoms with Gasteiger partial charge in [0.05, 0.1) is 0 Å². The van der Waals surface area contributed by atoms with Crippen molar-refractivity contribution in [3.05, 3.63) is 0 Å². The van der Waals surface area contributed by atoms with Crippen molar-refractivity contribution in [2.45, 2.75) is 58.9 Å². The van der Waals surface area contributed by atoms with Gasteiger partial charge in [-0.1, -0.05) is 20.8 Å². The van der Waals surface area contributed by atoms with Crippen LogP contribution in [0.25, 0.3) is 0 Å². The molecule has 1 amide bonds. The highest BCUT2D eigenvalue weighted by molar-refractivity contribution is 5.79. The van der Waals surface area contributed by atoms with Gasteiger partial charge in [-0.2, -0.15) is 0 Å². The van der Waals surface area contributed by atoms with E-state index in [1.54, 1.807) is 0 Å². The van der Waals surface area contributed by atoms with Crippen molar-refractivity contribution >= 4 is 5.91 Å². The van der Waals surface area contributed by atoms with Crippen LogP contribution in [0.3, 0.4) is 0 Å². The van der Waals surface area contributed by atoms with E-state index in [2.05, 4.69) is 31.0 Å². The number of likely N-dealkylation sites (N-methyl/N-ethyl adjacent to an activating group) is 1. The van der Waals surface area contributed by atoms with Crippen LogP contribution in [0.15, 0.2) is 0 Å². The van der Waals surface area contributed by atoms with Crippen LogP contribution >= 0.6 is 0 Å². The van der Waals surface area contributed by atoms with Crippen molar-refractivity contribution in [3.8, 4) is 0 Å². The molecule has 1 N–H and O–H groups in total. The molecule has 1 aliphatic carbocycles. The van der Waals surface area contributed by atoms with Crippen LogP contribution in [-0.4, -0.2) is 37.0 Å². The molecule has 0 aromatic heterocycles. The summed E-state index contributed by atoms with van der Waals surface area (Å²) in [6, 6.07) is 0.509. The van der Waals surface area contributed by atoms with Crippen LogP contribution in [0.5, 0.6) is 0 Å². The standard InChI is InChI=1S/C16H30N2O/c1-16(2,3)13-7-5-12(6-8-13)15(19)18-10-9-14(11-18)17-4/h12-14,17H,5-11H2,1-4H3. The molecule has 19 heavy (non-hydrogen) atoms. The van der Waals surface area contributed by atoms with Crippen molar-refractivity contribution in [3.63, 3.8) is 0 Å². The molecule has 0 spiro atoms. The first kappa shape index (κ1) is 14.8. The molecule has 110 valence electrons. The maximum Gasteiger partial charge on any atom is 0.225 e. The van der Waals surface area contributed by atoms with Crippen molar-refractivity contribution in [2.24, 2.45) is 17.3 Å². The summed E-state index contributed by atoms with van der Waals surface area (Å²) in [5.41, 5.74) is 0.402. The Morgan fingerprint density at radius 3 is 2.21 bits per heavy atom. The third-order valence-electron chi connectivity index (χ3n) is 5.21. The van der Waals surface area contributed by atoms with E-state index in [9.17, 15) is 4.79 Å². The third-order valence-corrected chi connectivity index (χ3v) is 5.21. The predicted molar refractivity (Wildman–Crippen MR) is 78.9 cm³/mol. The lowest BCUT2D eigenvalue weighted by Gasteiger charge is -2.37. The number of hydrogen-bond donors (Lipinski definition) is 1. The van der Waals surface area contributed by atoms with E-state index in [0.717, 1.165) is 38.3 Å². The Morgan fingerprint density at radius 1 is 1.11 bits per heavy atom. The van der Waals surface area contributed by atoms with Crippen LogP contribution in [0, 0.1) is 17.3 Å². The highest BCUT2D eigenvalue weighted by Crippen LogP contribution is 2.40. The van der Waals surface area contributed by atoms with Gasteiger partial charge in [0.2, 0.25) is 5.91 Å². The number of nitrogens with one attached hydrogen (secondary N) is 1. The van der Waals surface area contributed by atoms with Crippen LogP contribution in [0.1, 0.15) is 52.9 Å². The highest BCUT2D eigenvalue weighted by Gasteiger charge is 2.35. The van der Waals surface area contributed by atoms with Gasteiger partial charge in [0.15, 0.2) is 0 Å². The number of nitrogens with zero attached hydrogens (tertiary/aromatic N) is 1. The van der Waals surface area contributed by atoms with E-state index in [4.69, 9.17) is 0 Å². The Bertz CT molecular complexity index is 313. The first-order chi connectivity index (χ1) is 8.91. The molecule has 0 aromatic carbocycles. The average molecular weight is 266 g/mol. The summed E-state index contributed by atoms with van der Waals surface area (Å²) < 4.78 is 0. The maximum atomic E-state index is 12.5. The second-order valence-electron chi connectivity index (χ2n) is 7.47. The van der Waals surface area contributed by atoms with Crippen molar-refractivity contribution < 1.29 is 4.79 Å². The summed E-state index contributed by atoms with van der Waals surface area (Å²) in [7, 11) is 1.99. The largest absolute Gasteiger partial charge is 0.341 e. The van der Waals surface area contributed by atoms with Gasteiger partial charge in [0.1, 0.15) is 0 Å². The summed E-state index contributed by atoms with van der Waals surface area (Å²) in [6.07, 6.45) is 5.76. The topological polar surface area (TPSA) is 32.3 Å². The predicted octanol–water partition coefficient (Wildman–Crippen LogP) is 2.66. The Kier molecular flexibility index (Phi) is 4.54. The summed E-state index contributed by atoms with van der Waals surface area (Å²) in [6.45, 7) is 8.85. The van der Waals surface area contributed by atoms with Gasteiger partial charge < -0.3 is 10.2 Å². The van der Waals surface area contributed by atoms with Crippen molar-refractivity contribution in [1.82, 2.24) is 10.2 Å². The molecule has 0 aromatic rings. The zero-order chi connectivity index (χ0) is 14.0. The third kappa shape index (κ3) is 3.50. The molecule has 2 aliphatic rings. The van der Waals surface area contributed by atoms with Crippen LogP contribution in [0.4, 0.5) is 0 Å². The van der Waals surface area contributed by atoms with Crippen molar-refractivity contribution in [2.75, 3.05) is 20.1 Å². The minimum absolute atomic E-state index is 0.300. The van der Waals surface area contributed by atoms with Gasteiger partial charge in [0, 0.05) is 25.0 Å². The first-order valence-electron chi connectivity index (χ1n) is 7.88. The van der Waals surface area contributed by atoms with E-state index in [1.165, 1.54) is 12.8 Å². The lowest BCUT2D eigenvalue weighted by molar-refractivity contribution is -0.136. The molecule has 2 rings (SSSR count). The van der Waals surface area contributed by atoms with Gasteiger partial charge in [-0.25, -0.2) is 0 Å². The van der Waals surface area contributed by atoms with E-state index >= 15 is 0 Å². The number of hydrogen-bond acceptors (Lipinski definition) is 2. The SMILES string of the molecule is CNC1CCN(C(=O)C2CCC(C(C)(C)C)CC2)C1. The van der Waals surface area contributed by atoms with Crippen LogP contribution in [0.2, 0.25) is 0 Å². The van der Waals surface area contributed by atoms with E-state index < -0.39 is 0 Å². The molecule has 2 fully saturated rings. The fraction of sp³-hybridized carbons (Fsp3) is 0.938. The van der Waals surface area contributed by atoms with Gasteiger partial charge in [-0.05, 0) is 50.5 Å². The minimum Gasteiger partial charge on any atom is -0.341 e. The van der Waals surface area contributed by atoms with E-state index in [0.29, 0.717) is 23.3 Å². The van der Waals surface area contributed by atoms with Crippen LogP contribution < -0.4 is 5.32 Å². The lowest BCUT2D eigenvalue weighted by Crippen LogP contribution is -2.39. The van der Waals surface area contributed by atoms with Crippen LogP contribution in [-0.2, 0) is 4.79 Å². The molecule has 1 aliphatic heterocycles. The number of rotatable bonds is 2. The van der Waals surface area contributed by atoms with E-state index in [1.807, 2.05) is 7.05 Å². The van der Waals surface area contributed by atoms with Gasteiger partial charge in [-0.3, -0.25) is 4.79 Å². The first-order valence-corrected chi connectivity index (χ1v) is 7.88. The summed E-state index contributed by atoms with van der Waals surface area (Å²) in [5, 5.41) is 3.28. The average Bonchev–Trinajstić information content (AvgIpc) is 2.86. The van der Waals surface area contributed by atoms with Gasteiger partial charge in [0.25, 0.3) is 0 Å². The Hall–Kier alpha value is -0.570. The molecule has 1 saturated carbocycles. The normalized spacial score (nSPS) is 32.6. The summed E-state index contributed by atoms with van der Waals surface area (Å²) >= 11 is 0. The number of likely N-dealkylation sites (tertiary alicyclic amines) is 1. The number of carbonyl (C=O) groups is 1. The van der Waals surface area contributed by atoms with E-state index in [-0.39, 0.29) is 0 Å². The molecule has 1 atom stereocenters. The summed E-state index contributed by atoms with van der Waals surface area (Å²) in [5.74, 6) is 1.51. The molecule has 1 heterocycles. The fourth-order valence-corrected chi connectivity index (χ4v) is 3.66. The lowest BCUT2D eigenvalue weighted by atomic mass is 9.69. The Labute approximate surface area is 118 Å². The number of amides is 1.